The first-order chi connectivity index (χ1) is 12.2. The minimum absolute atomic E-state index is 0.520. The number of hydrogen-bond donors (Lipinski definition) is 1. The van der Waals surface area contributed by atoms with Crippen molar-refractivity contribution in [3.63, 3.8) is 0 Å². The van der Waals surface area contributed by atoms with Crippen LogP contribution in [-0.2, 0) is 16.9 Å². The van der Waals surface area contributed by atoms with E-state index in [1.807, 2.05) is 0 Å². The number of rotatable bonds is 7. The Morgan fingerprint density at radius 2 is 2.08 bits per heavy atom. The Kier molecular flexibility index (Phi) is 5.43. The Hall–Kier alpha value is -0.530. The predicted octanol–water partition coefficient (Wildman–Crippen LogP) is 2.45. The van der Waals surface area contributed by atoms with Gasteiger partial charge in [-0.25, -0.2) is 4.98 Å². The largest absolute Gasteiger partial charge is 0.383 e. The summed E-state index contributed by atoms with van der Waals surface area (Å²) in [6.07, 6.45) is 6.89. The standard InChI is InChI=1S/C19H31N3O2S/c1-24-13-16-3-2-8-22(16)12-18-20-17(14-25-18)19(23)6-9-21(10-7-19)11-15-4-5-15/h14-16,23H,2-13H2,1H3/t16-/m1/s1. The van der Waals surface area contributed by atoms with Crippen LogP contribution in [0.25, 0.3) is 0 Å². The molecule has 1 aliphatic carbocycles. The lowest BCUT2D eigenvalue weighted by Crippen LogP contribution is -2.43. The quantitative estimate of drug-likeness (QED) is 0.804. The molecule has 0 spiro atoms. The second-order valence-corrected chi connectivity index (χ2v) is 9.07. The number of piperidine rings is 1. The number of nitrogens with zero attached hydrogens (tertiary/aromatic N) is 3. The third-order valence-electron chi connectivity index (χ3n) is 6.12. The zero-order valence-corrected chi connectivity index (χ0v) is 16.1. The molecule has 0 unspecified atom stereocenters. The van der Waals surface area contributed by atoms with Crippen LogP contribution in [0.2, 0.25) is 0 Å². The van der Waals surface area contributed by atoms with E-state index in [1.54, 1.807) is 18.4 Å². The maximum atomic E-state index is 11.1. The molecule has 6 heteroatoms. The Morgan fingerprint density at radius 3 is 2.80 bits per heavy atom. The molecule has 1 saturated carbocycles. The third kappa shape index (κ3) is 4.25. The molecule has 0 radical (unpaired) electrons. The molecule has 3 heterocycles. The lowest BCUT2D eigenvalue weighted by molar-refractivity contribution is -0.0298. The van der Waals surface area contributed by atoms with Crippen molar-refractivity contribution in [2.75, 3.05) is 39.9 Å². The fourth-order valence-corrected chi connectivity index (χ4v) is 5.19. The van der Waals surface area contributed by atoms with Crippen LogP contribution in [-0.4, -0.2) is 65.8 Å². The van der Waals surface area contributed by atoms with E-state index in [0.29, 0.717) is 6.04 Å². The van der Waals surface area contributed by atoms with Gasteiger partial charge < -0.3 is 14.7 Å². The second-order valence-electron chi connectivity index (χ2n) is 8.12. The monoisotopic (exact) mass is 365 g/mol. The number of methoxy groups -OCH3 is 1. The SMILES string of the molecule is COC[C@H]1CCCN1Cc1nc(C2(O)CCN(CC3CC3)CC2)cs1. The summed E-state index contributed by atoms with van der Waals surface area (Å²) < 4.78 is 5.35. The van der Waals surface area contributed by atoms with Crippen LogP contribution in [0.15, 0.2) is 5.38 Å². The van der Waals surface area contributed by atoms with Crippen molar-refractivity contribution in [3.05, 3.63) is 16.1 Å². The molecule has 3 aliphatic rings. The number of thiazole rings is 1. The molecule has 0 amide bonds. The molecule has 4 rings (SSSR count). The highest BCUT2D eigenvalue weighted by Crippen LogP contribution is 2.36. The molecule has 0 bridgehead atoms. The van der Waals surface area contributed by atoms with E-state index in [4.69, 9.17) is 9.72 Å². The average molecular weight is 366 g/mol. The van der Waals surface area contributed by atoms with Crippen molar-refractivity contribution in [2.45, 2.75) is 56.7 Å². The highest BCUT2D eigenvalue weighted by atomic mass is 32.1. The number of aliphatic hydroxyl groups is 1. The van der Waals surface area contributed by atoms with Crippen LogP contribution in [0.1, 0.15) is 49.2 Å². The zero-order valence-electron chi connectivity index (χ0n) is 15.3. The molecule has 1 atom stereocenters. The maximum absolute atomic E-state index is 11.1. The van der Waals surface area contributed by atoms with Gasteiger partial charge in [0.05, 0.1) is 18.8 Å². The Bertz CT molecular complexity index is 567. The molecule has 5 nitrogen and oxygen atoms in total. The van der Waals surface area contributed by atoms with E-state index in [0.717, 1.165) is 62.2 Å². The molecule has 140 valence electrons. The van der Waals surface area contributed by atoms with Crippen LogP contribution in [0.4, 0.5) is 0 Å². The molecule has 0 aromatic carbocycles. The smallest absolute Gasteiger partial charge is 0.110 e. The number of hydrogen-bond acceptors (Lipinski definition) is 6. The van der Waals surface area contributed by atoms with Gasteiger partial charge >= 0.3 is 0 Å². The number of aromatic nitrogens is 1. The highest BCUT2D eigenvalue weighted by Gasteiger charge is 2.37. The highest BCUT2D eigenvalue weighted by molar-refractivity contribution is 7.09. The lowest BCUT2D eigenvalue weighted by Gasteiger charge is -2.37. The summed E-state index contributed by atoms with van der Waals surface area (Å²) in [5, 5.41) is 14.3. The summed E-state index contributed by atoms with van der Waals surface area (Å²) in [5.41, 5.74) is 0.187. The molecule has 1 N–H and O–H groups in total. The Morgan fingerprint density at radius 1 is 1.28 bits per heavy atom. The van der Waals surface area contributed by atoms with Gasteiger partial charge in [-0.15, -0.1) is 11.3 Å². The van der Waals surface area contributed by atoms with Gasteiger partial charge in [-0.3, -0.25) is 4.90 Å². The van der Waals surface area contributed by atoms with Crippen molar-refractivity contribution in [1.82, 2.24) is 14.8 Å². The topological polar surface area (TPSA) is 48.8 Å². The summed E-state index contributed by atoms with van der Waals surface area (Å²) >= 11 is 1.70. The van der Waals surface area contributed by atoms with Crippen LogP contribution >= 0.6 is 11.3 Å². The van der Waals surface area contributed by atoms with Crippen molar-refractivity contribution in [2.24, 2.45) is 5.92 Å². The van der Waals surface area contributed by atoms with Crippen molar-refractivity contribution >= 4 is 11.3 Å². The molecule has 2 aliphatic heterocycles. The van der Waals surface area contributed by atoms with E-state index in [9.17, 15) is 5.11 Å². The first kappa shape index (κ1) is 17.9. The van der Waals surface area contributed by atoms with Gasteiger partial charge in [-0.1, -0.05) is 0 Å². The first-order valence-electron chi connectivity index (χ1n) is 9.79. The van der Waals surface area contributed by atoms with Gasteiger partial charge in [-0.2, -0.15) is 0 Å². The van der Waals surface area contributed by atoms with Crippen LogP contribution < -0.4 is 0 Å². The molecular formula is C19H31N3O2S. The van der Waals surface area contributed by atoms with Crippen LogP contribution in [0, 0.1) is 5.92 Å². The third-order valence-corrected chi connectivity index (χ3v) is 6.96. The van der Waals surface area contributed by atoms with Crippen molar-refractivity contribution in [3.8, 4) is 0 Å². The summed E-state index contributed by atoms with van der Waals surface area (Å²) in [6, 6.07) is 0.520. The van der Waals surface area contributed by atoms with E-state index in [1.165, 1.54) is 32.2 Å². The van der Waals surface area contributed by atoms with Gasteiger partial charge in [-0.05, 0) is 51.0 Å². The summed E-state index contributed by atoms with van der Waals surface area (Å²) in [7, 11) is 1.78. The maximum Gasteiger partial charge on any atom is 0.110 e. The first-order valence-corrected chi connectivity index (χ1v) is 10.7. The van der Waals surface area contributed by atoms with E-state index < -0.39 is 5.60 Å². The molecule has 25 heavy (non-hydrogen) atoms. The Balaban J connectivity index is 1.34. The zero-order chi connectivity index (χ0) is 17.3. The van der Waals surface area contributed by atoms with Gasteiger partial charge in [0.25, 0.3) is 0 Å². The predicted molar refractivity (Wildman–Crippen MR) is 99.7 cm³/mol. The van der Waals surface area contributed by atoms with Crippen molar-refractivity contribution in [1.29, 1.82) is 0 Å². The average Bonchev–Trinajstić information content (AvgIpc) is 3.11. The van der Waals surface area contributed by atoms with Gasteiger partial charge in [0.15, 0.2) is 0 Å². The normalized spacial score (nSPS) is 27.8. The summed E-state index contributed by atoms with van der Waals surface area (Å²) in [4.78, 5) is 9.84. The Labute approximate surface area is 155 Å². The van der Waals surface area contributed by atoms with E-state index in [-0.39, 0.29) is 0 Å². The number of ether oxygens (including phenoxy) is 1. The van der Waals surface area contributed by atoms with Crippen LogP contribution in [0.5, 0.6) is 0 Å². The van der Waals surface area contributed by atoms with Gasteiger partial charge in [0.2, 0.25) is 0 Å². The minimum atomic E-state index is -0.717. The van der Waals surface area contributed by atoms with E-state index >= 15 is 0 Å². The lowest BCUT2D eigenvalue weighted by atomic mass is 9.88. The van der Waals surface area contributed by atoms with Crippen molar-refractivity contribution < 1.29 is 9.84 Å². The number of likely N-dealkylation sites (tertiary alicyclic amines) is 2. The fourth-order valence-electron chi connectivity index (χ4n) is 4.28. The molecular weight excluding hydrogens is 334 g/mol. The molecule has 1 aromatic rings. The van der Waals surface area contributed by atoms with E-state index in [2.05, 4.69) is 15.2 Å². The molecule has 2 saturated heterocycles. The molecule has 1 aromatic heterocycles. The van der Waals surface area contributed by atoms with Crippen LogP contribution in [0.3, 0.4) is 0 Å². The summed E-state index contributed by atoms with van der Waals surface area (Å²) in [5.74, 6) is 0.928. The van der Waals surface area contributed by atoms with Gasteiger partial charge in [0, 0.05) is 38.2 Å². The van der Waals surface area contributed by atoms with Gasteiger partial charge in [0.1, 0.15) is 10.6 Å². The summed E-state index contributed by atoms with van der Waals surface area (Å²) in [6.45, 7) is 6.06. The fraction of sp³-hybridized carbons (Fsp3) is 0.842. The second kappa shape index (κ2) is 7.61. The molecule has 3 fully saturated rings. The minimum Gasteiger partial charge on any atom is -0.383 e.